The number of carboxylic acids is 1. The van der Waals surface area contributed by atoms with E-state index >= 15 is 0 Å². The Balaban J connectivity index is 2.63. The van der Waals surface area contributed by atoms with Crippen molar-refractivity contribution in [3.05, 3.63) is 34.3 Å². The molecular weight excluding hydrogens is 340 g/mol. The van der Waals surface area contributed by atoms with E-state index in [-0.39, 0.29) is 0 Å². The van der Waals surface area contributed by atoms with Gasteiger partial charge in [0.25, 0.3) is 0 Å². The highest BCUT2D eigenvalue weighted by Gasteiger charge is 2.34. The van der Waals surface area contributed by atoms with Crippen molar-refractivity contribution in [2.75, 3.05) is 6.61 Å². The maximum Gasteiger partial charge on any atom is 0.322 e. The second kappa shape index (κ2) is 5.80. The molecule has 0 aromatic heterocycles. The van der Waals surface area contributed by atoms with Crippen LogP contribution in [0.25, 0.3) is 0 Å². The van der Waals surface area contributed by atoms with Crippen molar-refractivity contribution in [2.24, 2.45) is 0 Å². The number of halogens is 2. The van der Waals surface area contributed by atoms with Crippen molar-refractivity contribution in [1.82, 2.24) is 0 Å². The second-order valence-corrected chi connectivity index (χ2v) is 5.99. The summed E-state index contributed by atoms with van der Waals surface area (Å²) in [7, 11) is 0. The van der Waals surface area contributed by atoms with Crippen LogP contribution >= 0.6 is 31.9 Å². The number of hydrogen-bond donors (Lipinski definition) is 2. The average Bonchev–Trinajstić information content (AvgIpc) is 2.27. The minimum atomic E-state index is -1.24. The first-order valence-electron chi connectivity index (χ1n) is 4.75. The van der Waals surface area contributed by atoms with Gasteiger partial charge in [0.15, 0.2) is 0 Å². The molecular formula is C11H12Br2O3. The molecule has 1 aromatic carbocycles. The van der Waals surface area contributed by atoms with Crippen molar-refractivity contribution in [3.63, 3.8) is 0 Å². The molecule has 0 radical (unpaired) electrons. The van der Waals surface area contributed by atoms with Crippen LogP contribution in [0.2, 0.25) is 0 Å². The number of aliphatic carboxylic acids is 1. The third-order valence-electron chi connectivity index (χ3n) is 2.36. The summed E-state index contributed by atoms with van der Waals surface area (Å²) in [6.07, 6.45) is 0.950. The maximum atomic E-state index is 10.9. The number of aryl methyl sites for hydroxylation is 1. The summed E-state index contributed by atoms with van der Waals surface area (Å²) in [6.45, 7) is -0.418. The van der Waals surface area contributed by atoms with Crippen molar-refractivity contribution >= 4 is 37.8 Å². The molecule has 0 spiro atoms. The summed E-state index contributed by atoms with van der Waals surface area (Å²) in [5, 5.41) is 18.0. The van der Waals surface area contributed by atoms with Gasteiger partial charge in [0.2, 0.25) is 0 Å². The number of carbonyl (C=O) groups is 1. The lowest BCUT2D eigenvalue weighted by Gasteiger charge is -2.19. The Morgan fingerprint density at radius 2 is 1.88 bits per heavy atom. The summed E-state index contributed by atoms with van der Waals surface area (Å²) in [4.78, 5) is 10.9. The zero-order valence-electron chi connectivity index (χ0n) is 8.49. The molecule has 0 saturated carbocycles. The lowest BCUT2D eigenvalue weighted by molar-refractivity contribution is -0.140. The first-order chi connectivity index (χ1) is 7.48. The predicted molar refractivity (Wildman–Crippen MR) is 68.8 cm³/mol. The highest BCUT2D eigenvalue weighted by atomic mass is 79.9. The number of hydrogen-bond acceptors (Lipinski definition) is 2. The van der Waals surface area contributed by atoms with Crippen molar-refractivity contribution in [3.8, 4) is 0 Å². The van der Waals surface area contributed by atoms with E-state index in [1.54, 1.807) is 0 Å². The molecule has 0 heterocycles. The Morgan fingerprint density at radius 3 is 2.31 bits per heavy atom. The van der Waals surface area contributed by atoms with Crippen LogP contribution in [0.4, 0.5) is 0 Å². The molecule has 0 saturated heterocycles. The summed E-state index contributed by atoms with van der Waals surface area (Å²) < 4.78 is -0.248. The lowest BCUT2D eigenvalue weighted by Crippen LogP contribution is -2.36. The van der Waals surface area contributed by atoms with Crippen LogP contribution in [0.5, 0.6) is 0 Å². The van der Waals surface area contributed by atoms with Gasteiger partial charge >= 0.3 is 5.97 Å². The molecule has 1 unspecified atom stereocenters. The zero-order chi connectivity index (χ0) is 12.2. The average molecular weight is 352 g/mol. The smallest absolute Gasteiger partial charge is 0.322 e. The Kier molecular flexibility index (Phi) is 4.95. The minimum Gasteiger partial charge on any atom is -0.480 e. The fourth-order valence-corrected chi connectivity index (χ4v) is 1.71. The molecule has 0 aliphatic heterocycles. The van der Waals surface area contributed by atoms with E-state index in [0.29, 0.717) is 12.8 Å². The molecule has 1 aromatic rings. The minimum absolute atomic E-state index is 0.348. The van der Waals surface area contributed by atoms with Crippen LogP contribution in [0.1, 0.15) is 12.0 Å². The van der Waals surface area contributed by atoms with Gasteiger partial charge in [-0.1, -0.05) is 44.0 Å². The third-order valence-corrected chi connectivity index (χ3v) is 3.87. The van der Waals surface area contributed by atoms with Gasteiger partial charge in [0, 0.05) is 4.47 Å². The Hall–Kier alpha value is -0.390. The lowest BCUT2D eigenvalue weighted by atomic mass is 10.0. The fraction of sp³-hybridized carbons (Fsp3) is 0.364. The molecule has 2 N–H and O–H groups in total. The van der Waals surface area contributed by atoms with Gasteiger partial charge in [-0.05, 0) is 30.5 Å². The van der Waals surface area contributed by atoms with E-state index in [0.717, 1.165) is 10.0 Å². The normalized spacial score (nSPS) is 14.4. The standard InChI is InChI=1S/C11H12Br2O3/c12-9-3-1-8(2-4-9)5-6-11(13,7-14)10(15)16/h1-4,14H,5-7H2,(H,15,16). The van der Waals surface area contributed by atoms with E-state index in [9.17, 15) is 4.79 Å². The summed E-state index contributed by atoms with van der Waals surface area (Å²) in [5.74, 6) is -1.04. The third kappa shape index (κ3) is 3.57. The van der Waals surface area contributed by atoms with Gasteiger partial charge in [-0.15, -0.1) is 0 Å². The molecule has 1 atom stereocenters. The van der Waals surface area contributed by atoms with Crippen molar-refractivity contribution < 1.29 is 15.0 Å². The number of aliphatic hydroxyl groups excluding tert-OH is 1. The number of rotatable bonds is 5. The Bertz CT molecular complexity index is 364. The summed E-state index contributed by atoms with van der Waals surface area (Å²) >= 11 is 6.39. The summed E-state index contributed by atoms with van der Waals surface area (Å²) in [6, 6.07) is 7.67. The van der Waals surface area contributed by atoms with E-state index in [1.807, 2.05) is 24.3 Å². The topological polar surface area (TPSA) is 57.5 Å². The quantitative estimate of drug-likeness (QED) is 0.801. The maximum absolute atomic E-state index is 10.9. The van der Waals surface area contributed by atoms with E-state index in [2.05, 4.69) is 31.9 Å². The highest BCUT2D eigenvalue weighted by Crippen LogP contribution is 2.25. The molecule has 5 heteroatoms. The van der Waals surface area contributed by atoms with Gasteiger partial charge in [0.1, 0.15) is 4.32 Å². The zero-order valence-corrected chi connectivity index (χ0v) is 11.7. The SMILES string of the molecule is O=C(O)C(Br)(CO)CCc1ccc(Br)cc1. The van der Waals surface area contributed by atoms with Crippen LogP contribution in [0.3, 0.4) is 0 Å². The molecule has 88 valence electrons. The van der Waals surface area contributed by atoms with Gasteiger partial charge in [0.05, 0.1) is 6.61 Å². The predicted octanol–water partition coefficient (Wildman–Crippen LogP) is 2.59. The van der Waals surface area contributed by atoms with Crippen LogP contribution in [0, 0.1) is 0 Å². The molecule has 3 nitrogen and oxygen atoms in total. The highest BCUT2D eigenvalue weighted by molar-refractivity contribution is 9.10. The Morgan fingerprint density at radius 1 is 1.31 bits per heavy atom. The van der Waals surface area contributed by atoms with Gasteiger partial charge in [-0.3, -0.25) is 4.79 Å². The second-order valence-electron chi connectivity index (χ2n) is 3.56. The number of carboxylic acid groups (broad SMARTS) is 1. The van der Waals surface area contributed by atoms with Crippen LogP contribution < -0.4 is 0 Å². The first kappa shape index (κ1) is 13.7. The molecule has 16 heavy (non-hydrogen) atoms. The van der Waals surface area contributed by atoms with E-state index in [1.165, 1.54) is 0 Å². The fourth-order valence-electron chi connectivity index (χ4n) is 1.25. The van der Waals surface area contributed by atoms with Crippen LogP contribution in [-0.2, 0) is 11.2 Å². The molecule has 0 bridgehead atoms. The van der Waals surface area contributed by atoms with E-state index in [4.69, 9.17) is 10.2 Å². The molecule has 0 amide bonds. The van der Waals surface area contributed by atoms with Gasteiger partial charge in [-0.2, -0.15) is 0 Å². The van der Waals surface area contributed by atoms with E-state index < -0.39 is 16.9 Å². The molecule has 0 aliphatic rings. The van der Waals surface area contributed by atoms with Gasteiger partial charge < -0.3 is 10.2 Å². The number of aliphatic hydroxyl groups is 1. The largest absolute Gasteiger partial charge is 0.480 e. The van der Waals surface area contributed by atoms with Gasteiger partial charge in [-0.25, -0.2) is 0 Å². The molecule has 0 aliphatic carbocycles. The molecule has 0 fully saturated rings. The van der Waals surface area contributed by atoms with Crippen molar-refractivity contribution in [2.45, 2.75) is 17.2 Å². The summed E-state index contributed by atoms with van der Waals surface area (Å²) in [5.41, 5.74) is 1.04. The van der Waals surface area contributed by atoms with Crippen molar-refractivity contribution in [1.29, 1.82) is 0 Å². The number of benzene rings is 1. The number of alkyl halides is 1. The molecule has 1 rings (SSSR count). The first-order valence-corrected chi connectivity index (χ1v) is 6.34. The monoisotopic (exact) mass is 350 g/mol. The van der Waals surface area contributed by atoms with Crippen LogP contribution in [0.15, 0.2) is 28.7 Å². The van der Waals surface area contributed by atoms with Crippen LogP contribution in [-0.4, -0.2) is 27.1 Å². The Labute approximate surface area is 111 Å².